The molecule has 0 aromatic rings. The third-order valence-corrected chi connectivity index (χ3v) is 4.12. The molecule has 12 nitrogen and oxygen atoms in total. The number of alkyl carbamates (subject to hydrolysis) is 1. The summed E-state index contributed by atoms with van der Waals surface area (Å²) in [5, 5.41) is 41.0. The summed E-state index contributed by atoms with van der Waals surface area (Å²) in [6.45, 7) is 9.18. The topological polar surface area (TPSA) is 181 Å². The van der Waals surface area contributed by atoms with E-state index in [1.165, 1.54) is 0 Å². The predicted octanol–water partition coefficient (Wildman–Crippen LogP) is -0.655. The Balaban J connectivity index is 2.77. The fraction of sp³-hybridized carbons (Fsp3) is 0.850. The van der Waals surface area contributed by atoms with Gasteiger partial charge in [-0.1, -0.05) is 0 Å². The highest BCUT2D eigenvalue weighted by molar-refractivity contribution is 5.82. The molecule has 1 heterocycles. The van der Waals surface area contributed by atoms with Gasteiger partial charge in [-0.3, -0.25) is 4.79 Å². The molecule has 5 N–H and O–H groups in total. The van der Waals surface area contributed by atoms with Gasteiger partial charge < -0.3 is 44.7 Å². The van der Waals surface area contributed by atoms with Crippen molar-refractivity contribution in [2.24, 2.45) is 0 Å². The SMILES string of the molecule is CC(C)(C)OC(=O)N[C@@H](CCC(=O)O[C@H]1O[C@H](CO)[C@@H](O)[C@H](O)[C@H]1O)C(=O)OC(C)(C)C. The zero-order valence-corrected chi connectivity index (χ0v) is 19.2. The number of carbonyl (C=O) groups excluding carboxylic acids is 3. The molecule has 0 spiro atoms. The van der Waals surface area contributed by atoms with Crippen LogP contribution in [0.3, 0.4) is 0 Å². The molecule has 0 unspecified atom stereocenters. The highest BCUT2D eigenvalue weighted by Crippen LogP contribution is 2.22. The van der Waals surface area contributed by atoms with Gasteiger partial charge in [0.15, 0.2) is 0 Å². The van der Waals surface area contributed by atoms with E-state index in [4.69, 9.17) is 18.9 Å². The molecular formula is C20H35NO11. The van der Waals surface area contributed by atoms with Gasteiger partial charge in [0.05, 0.1) is 6.61 Å². The maximum atomic E-state index is 12.5. The lowest BCUT2D eigenvalue weighted by atomic mass is 9.99. The van der Waals surface area contributed by atoms with Crippen molar-refractivity contribution >= 4 is 18.0 Å². The van der Waals surface area contributed by atoms with Crippen LogP contribution in [0.4, 0.5) is 4.79 Å². The van der Waals surface area contributed by atoms with E-state index in [1.807, 2.05) is 0 Å². The van der Waals surface area contributed by atoms with E-state index in [0.29, 0.717) is 0 Å². The highest BCUT2D eigenvalue weighted by Gasteiger charge is 2.45. The van der Waals surface area contributed by atoms with Crippen molar-refractivity contribution in [2.75, 3.05) is 6.61 Å². The average molecular weight is 465 g/mol. The molecule has 1 saturated heterocycles. The number of ether oxygens (including phenoxy) is 4. The third-order valence-electron chi connectivity index (χ3n) is 4.12. The lowest BCUT2D eigenvalue weighted by molar-refractivity contribution is -0.292. The van der Waals surface area contributed by atoms with Gasteiger partial charge in [-0.05, 0) is 48.0 Å². The fourth-order valence-electron chi connectivity index (χ4n) is 2.69. The van der Waals surface area contributed by atoms with Gasteiger partial charge in [0.1, 0.15) is 41.7 Å². The number of hydrogen-bond acceptors (Lipinski definition) is 11. The van der Waals surface area contributed by atoms with Crippen molar-refractivity contribution < 1.29 is 53.8 Å². The van der Waals surface area contributed by atoms with Crippen LogP contribution < -0.4 is 5.32 Å². The lowest BCUT2D eigenvalue weighted by Crippen LogP contribution is -2.59. The van der Waals surface area contributed by atoms with Crippen LogP contribution in [0.15, 0.2) is 0 Å². The molecule has 0 aromatic heterocycles. The van der Waals surface area contributed by atoms with Crippen LogP contribution >= 0.6 is 0 Å². The van der Waals surface area contributed by atoms with Gasteiger partial charge in [0, 0.05) is 6.42 Å². The first-order valence-electron chi connectivity index (χ1n) is 10.3. The molecule has 1 aliphatic heterocycles. The Bertz CT molecular complexity index is 653. The summed E-state index contributed by atoms with van der Waals surface area (Å²) >= 11 is 0. The molecule has 186 valence electrons. The van der Waals surface area contributed by atoms with E-state index in [0.717, 1.165) is 0 Å². The summed E-state index contributed by atoms with van der Waals surface area (Å²) in [5.41, 5.74) is -1.66. The van der Waals surface area contributed by atoms with E-state index in [9.17, 15) is 34.8 Å². The second-order valence-electron chi connectivity index (χ2n) is 9.46. The Hall–Kier alpha value is -1.99. The van der Waals surface area contributed by atoms with Gasteiger partial charge >= 0.3 is 18.0 Å². The summed E-state index contributed by atoms with van der Waals surface area (Å²) < 4.78 is 20.5. The van der Waals surface area contributed by atoms with E-state index >= 15 is 0 Å². The van der Waals surface area contributed by atoms with E-state index in [1.54, 1.807) is 41.5 Å². The normalized spacial score (nSPS) is 27.2. The summed E-state index contributed by atoms with van der Waals surface area (Å²) in [6.07, 6.45) is -9.43. The van der Waals surface area contributed by atoms with Crippen molar-refractivity contribution in [1.29, 1.82) is 0 Å². The standard InChI is InChI=1S/C20H35NO11/c1-19(2,3)31-16(27)10(21-18(28)32-20(4,5)6)7-8-12(23)30-17-15(26)14(25)13(24)11(9-22)29-17/h10-11,13-15,17,22,24-26H,7-9H2,1-6H3,(H,21,28)/t10-,11+,13+,14-,15+,17+/m0/s1. The first-order valence-corrected chi connectivity index (χ1v) is 10.3. The zero-order valence-electron chi connectivity index (χ0n) is 19.2. The zero-order chi connectivity index (χ0) is 24.9. The minimum Gasteiger partial charge on any atom is -0.458 e. The quantitative estimate of drug-likeness (QED) is 0.238. The number of carbonyl (C=O) groups is 3. The number of aliphatic hydroxyl groups excluding tert-OH is 4. The molecule has 0 saturated carbocycles. The molecule has 0 aliphatic carbocycles. The minimum atomic E-state index is -1.75. The van der Waals surface area contributed by atoms with Crippen LogP contribution in [0.5, 0.6) is 0 Å². The summed E-state index contributed by atoms with van der Waals surface area (Å²) in [7, 11) is 0. The number of rotatable bonds is 7. The van der Waals surface area contributed by atoms with Crippen LogP contribution in [0.2, 0.25) is 0 Å². The van der Waals surface area contributed by atoms with Gasteiger partial charge in [-0.2, -0.15) is 0 Å². The lowest BCUT2D eigenvalue weighted by Gasteiger charge is -2.39. The Morgan fingerprint density at radius 3 is 2.00 bits per heavy atom. The van der Waals surface area contributed by atoms with E-state index < -0.39 is 79.0 Å². The molecule has 0 bridgehead atoms. The molecule has 32 heavy (non-hydrogen) atoms. The van der Waals surface area contributed by atoms with Crippen LogP contribution in [-0.4, -0.2) is 93.0 Å². The Morgan fingerprint density at radius 1 is 0.938 bits per heavy atom. The van der Waals surface area contributed by atoms with Crippen molar-refractivity contribution in [2.45, 2.75) is 102 Å². The van der Waals surface area contributed by atoms with Crippen molar-refractivity contribution in [3.63, 3.8) is 0 Å². The molecule has 1 aliphatic rings. The van der Waals surface area contributed by atoms with Gasteiger partial charge in [0.25, 0.3) is 0 Å². The summed E-state index contributed by atoms with van der Waals surface area (Å²) in [6, 6.07) is -1.23. The number of esters is 2. The highest BCUT2D eigenvalue weighted by atomic mass is 16.7. The van der Waals surface area contributed by atoms with Crippen LogP contribution in [0.25, 0.3) is 0 Å². The number of amides is 1. The Labute approximate surface area is 186 Å². The molecular weight excluding hydrogens is 430 g/mol. The van der Waals surface area contributed by atoms with Crippen molar-refractivity contribution in [3.8, 4) is 0 Å². The van der Waals surface area contributed by atoms with E-state index in [-0.39, 0.29) is 6.42 Å². The molecule has 1 fully saturated rings. The monoisotopic (exact) mass is 465 g/mol. The molecule has 0 radical (unpaired) electrons. The van der Waals surface area contributed by atoms with Gasteiger partial charge in [-0.15, -0.1) is 0 Å². The summed E-state index contributed by atoms with van der Waals surface area (Å²) in [4.78, 5) is 36.8. The first kappa shape index (κ1) is 28.0. The Kier molecular flexibility index (Phi) is 9.85. The maximum Gasteiger partial charge on any atom is 0.408 e. The smallest absolute Gasteiger partial charge is 0.408 e. The van der Waals surface area contributed by atoms with Crippen LogP contribution in [0, 0.1) is 0 Å². The summed E-state index contributed by atoms with van der Waals surface area (Å²) in [5.74, 6) is -1.71. The molecule has 0 aromatic carbocycles. The molecule has 1 amide bonds. The largest absolute Gasteiger partial charge is 0.458 e. The molecule has 1 rings (SSSR count). The van der Waals surface area contributed by atoms with Crippen LogP contribution in [0.1, 0.15) is 54.4 Å². The predicted molar refractivity (Wildman–Crippen MR) is 108 cm³/mol. The Morgan fingerprint density at radius 2 is 1.50 bits per heavy atom. The number of hydrogen-bond donors (Lipinski definition) is 5. The average Bonchev–Trinajstić information content (AvgIpc) is 2.62. The maximum absolute atomic E-state index is 12.5. The van der Waals surface area contributed by atoms with Gasteiger partial charge in [-0.25, -0.2) is 9.59 Å². The molecule has 12 heteroatoms. The fourth-order valence-corrected chi connectivity index (χ4v) is 2.69. The van der Waals surface area contributed by atoms with Crippen LogP contribution in [-0.2, 0) is 28.5 Å². The second kappa shape index (κ2) is 11.2. The number of nitrogens with one attached hydrogen (secondary N) is 1. The van der Waals surface area contributed by atoms with Gasteiger partial charge in [0.2, 0.25) is 6.29 Å². The van der Waals surface area contributed by atoms with Crippen molar-refractivity contribution in [3.05, 3.63) is 0 Å². The first-order chi connectivity index (χ1) is 14.5. The number of aliphatic hydroxyl groups is 4. The third kappa shape index (κ3) is 9.25. The minimum absolute atomic E-state index is 0.218. The molecule has 6 atom stereocenters. The van der Waals surface area contributed by atoms with E-state index in [2.05, 4.69) is 5.32 Å². The van der Waals surface area contributed by atoms with Crippen molar-refractivity contribution in [1.82, 2.24) is 5.32 Å². The second-order valence-corrected chi connectivity index (χ2v) is 9.46.